The van der Waals surface area contributed by atoms with E-state index >= 15 is 0 Å². The minimum absolute atomic E-state index is 0.0631. The lowest BCUT2D eigenvalue weighted by Gasteiger charge is -2.19. The molecule has 0 spiro atoms. The molecule has 0 fully saturated rings. The molecule has 1 unspecified atom stereocenters. The van der Waals surface area contributed by atoms with Crippen LogP contribution in [0.15, 0.2) is 0 Å². The summed E-state index contributed by atoms with van der Waals surface area (Å²) >= 11 is 0. The van der Waals surface area contributed by atoms with E-state index in [9.17, 15) is 4.79 Å². The highest BCUT2D eigenvalue weighted by atomic mass is 16.2. The van der Waals surface area contributed by atoms with E-state index < -0.39 is 0 Å². The Labute approximate surface area is 79.6 Å². The Kier molecular flexibility index (Phi) is 6.48. The fourth-order valence-corrected chi connectivity index (χ4v) is 1.09. The molecule has 5 heteroatoms. The standard InChI is InChI=1S/C8H20N4O/c1-7(8(13)11-9)6-12(3)5-4-10-2/h7,10H,4-6,9H2,1-3H3,(H,11,13). The van der Waals surface area contributed by atoms with Gasteiger partial charge < -0.3 is 10.2 Å². The summed E-state index contributed by atoms with van der Waals surface area (Å²) in [6.45, 7) is 4.44. The zero-order chi connectivity index (χ0) is 10.3. The van der Waals surface area contributed by atoms with Gasteiger partial charge in [0.15, 0.2) is 0 Å². The van der Waals surface area contributed by atoms with E-state index in [1.807, 2.05) is 21.0 Å². The summed E-state index contributed by atoms with van der Waals surface area (Å²) in [5, 5.41) is 3.05. The molecule has 0 saturated heterocycles. The Bertz CT molecular complexity index is 151. The average molecular weight is 188 g/mol. The second kappa shape index (κ2) is 6.82. The first-order chi connectivity index (χ1) is 6.11. The van der Waals surface area contributed by atoms with Crippen LogP contribution in [0.4, 0.5) is 0 Å². The normalized spacial score (nSPS) is 13.0. The number of amides is 1. The maximum Gasteiger partial charge on any atom is 0.237 e. The topological polar surface area (TPSA) is 70.4 Å². The largest absolute Gasteiger partial charge is 0.318 e. The molecule has 4 N–H and O–H groups in total. The molecule has 1 amide bonds. The van der Waals surface area contributed by atoms with Gasteiger partial charge in [0.25, 0.3) is 0 Å². The van der Waals surface area contributed by atoms with Crippen LogP contribution in [0.3, 0.4) is 0 Å². The van der Waals surface area contributed by atoms with Crippen molar-refractivity contribution in [3.05, 3.63) is 0 Å². The molecule has 0 saturated carbocycles. The minimum atomic E-state index is -0.115. The van der Waals surface area contributed by atoms with E-state index in [0.29, 0.717) is 0 Å². The molecular formula is C8H20N4O. The van der Waals surface area contributed by atoms with Gasteiger partial charge in [0.1, 0.15) is 0 Å². The highest BCUT2D eigenvalue weighted by Gasteiger charge is 2.12. The van der Waals surface area contributed by atoms with Crippen LogP contribution in [0.5, 0.6) is 0 Å². The second-order valence-corrected chi connectivity index (χ2v) is 3.28. The molecule has 78 valence electrons. The predicted octanol–water partition coefficient (Wildman–Crippen LogP) is -1.24. The summed E-state index contributed by atoms with van der Waals surface area (Å²) in [6.07, 6.45) is 0. The molecule has 0 aliphatic rings. The molecule has 0 rings (SSSR count). The van der Waals surface area contributed by atoms with Crippen molar-refractivity contribution in [2.45, 2.75) is 6.92 Å². The van der Waals surface area contributed by atoms with E-state index in [2.05, 4.69) is 15.6 Å². The summed E-state index contributed by atoms with van der Waals surface area (Å²) in [7, 11) is 3.89. The van der Waals surface area contributed by atoms with E-state index in [1.165, 1.54) is 0 Å². The zero-order valence-electron chi connectivity index (χ0n) is 8.63. The van der Waals surface area contributed by atoms with Crippen LogP contribution in [-0.4, -0.2) is 44.5 Å². The average Bonchev–Trinajstić information content (AvgIpc) is 2.13. The number of carbonyl (C=O) groups is 1. The lowest BCUT2D eigenvalue weighted by Crippen LogP contribution is -2.40. The highest BCUT2D eigenvalue weighted by Crippen LogP contribution is 1.96. The Balaban J connectivity index is 3.64. The Morgan fingerprint density at radius 3 is 2.69 bits per heavy atom. The number of hydrogen-bond donors (Lipinski definition) is 3. The summed E-state index contributed by atoms with van der Waals surface area (Å²) < 4.78 is 0. The number of nitrogens with zero attached hydrogens (tertiary/aromatic N) is 1. The monoisotopic (exact) mass is 188 g/mol. The van der Waals surface area contributed by atoms with Gasteiger partial charge in [-0.2, -0.15) is 0 Å². The zero-order valence-corrected chi connectivity index (χ0v) is 8.63. The molecule has 0 aliphatic heterocycles. The van der Waals surface area contributed by atoms with Crippen LogP contribution in [0, 0.1) is 5.92 Å². The number of hydrogen-bond acceptors (Lipinski definition) is 4. The quantitative estimate of drug-likeness (QED) is 0.277. The predicted molar refractivity (Wildman–Crippen MR) is 52.9 cm³/mol. The van der Waals surface area contributed by atoms with Crippen LogP contribution in [0.2, 0.25) is 0 Å². The third kappa shape index (κ3) is 5.57. The number of nitrogens with two attached hydrogens (primary N) is 1. The van der Waals surface area contributed by atoms with Gasteiger partial charge in [-0.3, -0.25) is 10.2 Å². The summed E-state index contributed by atoms with van der Waals surface area (Å²) in [6, 6.07) is 0. The van der Waals surface area contributed by atoms with Crippen molar-refractivity contribution in [3.63, 3.8) is 0 Å². The summed E-state index contributed by atoms with van der Waals surface area (Å²) in [5.41, 5.74) is 2.14. The van der Waals surface area contributed by atoms with Crippen molar-refractivity contribution < 1.29 is 4.79 Å². The molecule has 0 aromatic heterocycles. The number of carbonyl (C=O) groups excluding carboxylic acids is 1. The van der Waals surface area contributed by atoms with Crippen molar-refractivity contribution in [3.8, 4) is 0 Å². The highest BCUT2D eigenvalue weighted by molar-refractivity contribution is 5.77. The summed E-state index contributed by atoms with van der Waals surface area (Å²) in [4.78, 5) is 13.1. The van der Waals surface area contributed by atoms with Crippen LogP contribution in [0.1, 0.15) is 6.92 Å². The number of nitrogens with one attached hydrogen (secondary N) is 2. The Morgan fingerprint density at radius 2 is 2.23 bits per heavy atom. The Morgan fingerprint density at radius 1 is 1.62 bits per heavy atom. The molecule has 0 bridgehead atoms. The third-order valence-electron chi connectivity index (χ3n) is 1.92. The van der Waals surface area contributed by atoms with Gasteiger partial charge in [-0.15, -0.1) is 0 Å². The molecule has 0 aromatic rings. The molecule has 0 aliphatic carbocycles. The van der Waals surface area contributed by atoms with Crippen molar-refractivity contribution in [2.75, 3.05) is 33.7 Å². The van der Waals surface area contributed by atoms with Gasteiger partial charge in [-0.1, -0.05) is 6.92 Å². The first kappa shape index (κ1) is 12.3. The number of likely N-dealkylation sites (N-methyl/N-ethyl adjacent to an activating group) is 2. The molecule has 13 heavy (non-hydrogen) atoms. The van der Waals surface area contributed by atoms with Crippen molar-refractivity contribution in [2.24, 2.45) is 11.8 Å². The second-order valence-electron chi connectivity index (χ2n) is 3.28. The fourth-order valence-electron chi connectivity index (χ4n) is 1.09. The van der Waals surface area contributed by atoms with Gasteiger partial charge in [0.05, 0.1) is 0 Å². The first-order valence-corrected chi connectivity index (χ1v) is 4.45. The first-order valence-electron chi connectivity index (χ1n) is 4.45. The van der Waals surface area contributed by atoms with Crippen molar-refractivity contribution in [1.29, 1.82) is 0 Å². The maximum absolute atomic E-state index is 11.0. The van der Waals surface area contributed by atoms with Crippen LogP contribution >= 0.6 is 0 Å². The lowest BCUT2D eigenvalue weighted by molar-refractivity contribution is -0.125. The van der Waals surface area contributed by atoms with Gasteiger partial charge in [-0.05, 0) is 14.1 Å². The third-order valence-corrected chi connectivity index (χ3v) is 1.92. The Hall–Kier alpha value is -0.650. The number of hydrazine groups is 1. The van der Waals surface area contributed by atoms with Gasteiger partial charge >= 0.3 is 0 Å². The van der Waals surface area contributed by atoms with Crippen LogP contribution in [-0.2, 0) is 4.79 Å². The van der Waals surface area contributed by atoms with Gasteiger partial charge in [0, 0.05) is 25.6 Å². The van der Waals surface area contributed by atoms with E-state index in [4.69, 9.17) is 5.84 Å². The SMILES string of the molecule is CNCCN(C)CC(C)C(=O)NN. The van der Waals surface area contributed by atoms with Crippen LogP contribution in [0.25, 0.3) is 0 Å². The molecule has 0 radical (unpaired) electrons. The van der Waals surface area contributed by atoms with E-state index in [0.717, 1.165) is 19.6 Å². The minimum Gasteiger partial charge on any atom is -0.318 e. The van der Waals surface area contributed by atoms with Crippen molar-refractivity contribution >= 4 is 5.91 Å². The van der Waals surface area contributed by atoms with Gasteiger partial charge in [-0.25, -0.2) is 5.84 Å². The number of rotatable bonds is 6. The molecular weight excluding hydrogens is 168 g/mol. The van der Waals surface area contributed by atoms with Crippen LogP contribution < -0.4 is 16.6 Å². The van der Waals surface area contributed by atoms with E-state index in [-0.39, 0.29) is 11.8 Å². The van der Waals surface area contributed by atoms with E-state index in [1.54, 1.807) is 0 Å². The maximum atomic E-state index is 11.0. The lowest BCUT2D eigenvalue weighted by atomic mass is 10.1. The molecule has 0 aromatic carbocycles. The molecule has 1 atom stereocenters. The fraction of sp³-hybridized carbons (Fsp3) is 0.875. The van der Waals surface area contributed by atoms with Gasteiger partial charge in [0.2, 0.25) is 5.91 Å². The molecule has 0 heterocycles. The molecule has 5 nitrogen and oxygen atoms in total. The summed E-state index contributed by atoms with van der Waals surface area (Å²) in [5.74, 6) is 4.84. The van der Waals surface area contributed by atoms with Crippen molar-refractivity contribution in [1.82, 2.24) is 15.6 Å². The smallest absolute Gasteiger partial charge is 0.237 e.